The Bertz CT molecular complexity index is 432. The topological polar surface area (TPSA) is 36.7 Å². The Morgan fingerprint density at radius 3 is 2.64 bits per heavy atom. The van der Waals surface area contributed by atoms with Gasteiger partial charge < -0.3 is 0 Å². The van der Waals surface area contributed by atoms with E-state index in [0.29, 0.717) is 0 Å². The number of hydrogen-bond acceptors (Lipinski definition) is 2. The van der Waals surface area contributed by atoms with Crippen LogP contribution in [0.4, 0.5) is 13.2 Å². The van der Waals surface area contributed by atoms with Crippen molar-refractivity contribution in [2.75, 3.05) is 0 Å². The zero-order valence-electron chi connectivity index (χ0n) is 6.76. The van der Waals surface area contributed by atoms with Crippen LogP contribution in [-0.4, -0.2) is 4.98 Å². The van der Waals surface area contributed by atoms with Crippen LogP contribution in [0.2, 0.25) is 0 Å². The molecule has 0 bridgehead atoms. The summed E-state index contributed by atoms with van der Waals surface area (Å²) in [5, 5.41) is 8.10. The van der Waals surface area contributed by atoms with E-state index in [2.05, 4.69) is 10.9 Å². The number of hydrogen-bond donors (Lipinski definition) is 0. The van der Waals surface area contributed by atoms with Crippen LogP contribution in [0.5, 0.6) is 0 Å². The molecule has 14 heavy (non-hydrogen) atoms. The molecule has 70 valence electrons. The molecule has 1 heterocycles. The predicted octanol–water partition coefficient (Wildman–Crippen LogP) is 1.98. The first kappa shape index (κ1) is 10.1. The summed E-state index contributed by atoms with van der Waals surface area (Å²) in [6.45, 7) is 0. The van der Waals surface area contributed by atoms with E-state index < -0.39 is 11.9 Å². The van der Waals surface area contributed by atoms with Crippen molar-refractivity contribution in [1.82, 2.24) is 4.98 Å². The van der Waals surface area contributed by atoms with Gasteiger partial charge in [-0.05, 0) is 18.1 Å². The molecule has 1 rings (SSSR count). The fourth-order valence-corrected chi connectivity index (χ4v) is 0.827. The standard InChI is InChI=1S/C9H3F3N2/c10-9(11,12)8-7(3-1-5-13)4-2-6-14-8/h2,4,6H. The molecule has 0 aliphatic carbocycles. The maximum Gasteiger partial charge on any atom is 0.434 e. The molecular weight excluding hydrogens is 193 g/mol. The molecule has 0 fully saturated rings. The van der Waals surface area contributed by atoms with Crippen LogP contribution in [0, 0.1) is 23.2 Å². The third kappa shape index (κ3) is 2.24. The predicted molar refractivity (Wildman–Crippen MR) is 41.7 cm³/mol. The molecule has 0 saturated heterocycles. The van der Waals surface area contributed by atoms with Crippen LogP contribution < -0.4 is 0 Å². The molecule has 0 radical (unpaired) electrons. The highest BCUT2D eigenvalue weighted by molar-refractivity contribution is 5.41. The van der Waals surface area contributed by atoms with Crippen molar-refractivity contribution in [2.24, 2.45) is 0 Å². The average Bonchev–Trinajstić information content (AvgIpc) is 2.14. The van der Waals surface area contributed by atoms with Crippen molar-refractivity contribution < 1.29 is 13.2 Å². The Morgan fingerprint density at radius 1 is 1.36 bits per heavy atom. The average molecular weight is 196 g/mol. The van der Waals surface area contributed by atoms with Crippen LogP contribution in [0.1, 0.15) is 11.3 Å². The number of rotatable bonds is 0. The van der Waals surface area contributed by atoms with E-state index in [1.165, 1.54) is 18.2 Å². The highest BCUT2D eigenvalue weighted by Gasteiger charge is 2.34. The lowest BCUT2D eigenvalue weighted by molar-refractivity contribution is -0.141. The number of alkyl halides is 3. The minimum atomic E-state index is -4.54. The molecule has 5 heteroatoms. The van der Waals surface area contributed by atoms with Crippen molar-refractivity contribution in [3.05, 3.63) is 29.6 Å². The van der Waals surface area contributed by atoms with Gasteiger partial charge in [-0.2, -0.15) is 18.4 Å². The largest absolute Gasteiger partial charge is 0.434 e. The number of pyridine rings is 1. The van der Waals surface area contributed by atoms with Crippen LogP contribution in [0.25, 0.3) is 0 Å². The van der Waals surface area contributed by atoms with E-state index in [9.17, 15) is 13.2 Å². The Labute approximate surface area is 78.0 Å². The highest BCUT2D eigenvalue weighted by Crippen LogP contribution is 2.29. The smallest absolute Gasteiger partial charge is 0.251 e. The molecule has 2 nitrogen and oxygen atoms in total. The van der Waals surface area contributed by atoms with Gasteiger partial charge in [0, 0.05) is 12.1 Å². The van der Waals surface area contributed by atoms with Crippen molar-refractivity contribution in [1.29, 1.82) is 5.26 Å². The van der Waals surface area contributed by atoms with Crippen molar-refractivity contribution >= 4 is 0 Å². The summed E-state index contributed by atoms with van der Waals surface area (Å²) < 4.78 is 36.8. The zero-order chi connectivity index (χ0) is 10.6. The minimum Gasteiger partial charge on any atom is -0.251 e. The second-order valence-corrected chi connectivity index (χ2v) is 2.26. The van der Waals surface area contributed by atoms with E-state index in [1.807, 2.05) is 5.92 Å². The monoisotopic (exact) mass is 196 g/mol. The summed E-state index contributed by atoms with van der Waals surface area (Å²) >= 11 is 0. The Morgan fingerprint density at radius 2 is 2.07 bits per heavy atom. The molecule has 0 aliphatic heterocycles. The van der Waals surface area contributed by atoms with Gasteiger partial charge in [-0.1, -0.05) is 0 Å². The van der Waals surface area contributed by atoms with Gasteiger partial charge in [-0.25, -0.2) is 0 Å². The molecule has 0 N–H and O–H groups in total. The summed E-state index contributed by atoms with van der Waals surface area (Å²) in [6.07, 6.45) is -3.51. The summed E-state index contributed by atoms with van der Waals surface area (Å²) in [5.74, 6) is 3.97. The lowest BCUT2D eigenvalue weighted by atomic mass is 10.2. The van der Waals surface area contributed by atoms with E-state index in [0.717, 1.165) is 6.20 Å². The van der Waals surface area contributed by atoms with E-state index >= 15 is 0 Å². The van der Waals surface area contributed by atoms with E-state index in [4.69, 9.17) is 5.26 Å². The van der Waals surface area contributed by atoms with Crippen LogP contribution in [-0.2, 0) is 6.18 Å². The van der Waals surface area contributed by atoms with Crippen molar-refractivity contribution in [2.45, 2.75) is 6.18 Å². The molecule has 1 aromatic rings. The molecule has 0 aromatic carbocycles. The van der Waals surface area contributed by atoms with E-state index in [1.54, 1.807) is 0 Å². The van der Waals surface area contributed by atoms with Crippen molar-refractivity contribution in [3.63, 3.8) is 0 Å². The Hall–Kier alpha value is -2.01. The van der Waals surface area contributed by atoms with E-state index in [-0.39, 0.29) is 5.56 Å². The molecule has 0 saturated carbocycles. The third-order valence-electron chi connectivity index (χ3n) is 1.33. The summed E-state index contributed by atoms with van der Waals surface area (Å²) in [5.41, 5.74) is -1.36. The van der Waals surface area contributed by atoms with Gasteiger partial charge in [0.25, 0.3) is 0 Å². The quantitative estimate of drug-likeness (QED) is 0.595. The molecule has 0 unspecified atom stereocenters. The second-order valence-electron chi connectivity index (χ2n) is 2.26. The normalized spacial score (nSPS) is 9.86. The van der Waals surface area contributed by atoms with Crippen molar-refractivity contribution in [3.8, 4) is 17.9 Å². The van der Waals surface area contributed by atoms with Gasteiger partial charge in [-0.15, -0.1) is 0 Å². The lowest BCUT2D eigenvalue weighted by Crippen LogP contribution is -2.10. The van der Waals surface area contributed by atoms with Gasteiger partial charge >= 0.3 is 6.18 Å². The second kappa shape index (κ2) is 3.80. The first-order chi connectivity index (χ1) is 6.55. The summed E-state index contributed by atoms with van der Waals surface area (Å²) in [7, 11) is 0. The maximum atomic E-state index is 12.3. The SMILES string of the molecule is N#CC#Cc1cccnc1C(F)(F)F. The Kier molecular flexibility index (Phi) is 2.73. The van der Waals surface area contributed by atoms with Gasteiger partial charge in [0.2, 0.25) is 0 Å². The zero-order valence-corrected chi connectivity index (χ0v) is 6.76. The minimum absolute atomic E-state index is 0.290. The number of nitriles is 1. The van der Waals surface area contributed by atoms with Crippen LogP contribution in [0.3, 0.4) is 0 Å². The number of aromatic nitrogens is 1. The molecular formula is C9H3F3N2. The summed E-state index contributed by atoms with van der Waals surface area (Å²) in [6, 6.07) is 3.94. The lowest BCUT2D eigenvalue weighted by Gasteiger charge is -2.06. The first-order valence-corrected chi connectivity index (χ1v) is 3.48. The fourth-order valence-electron chi connectivity index (χ4n) is 0.827. The van der Waals surface area contributed by atoms with Gasteiger partial charge in [0.1, 0.15) is 0 Å². The van der Waals surface area contributed by atoms with Gasteiger partial charge in [0.05, 0.1) is 5.56 Å². The van der Waals surface area contributed by atoms with Crippen LogP contribution in [0.15, 0.2) is 18.3 Å². The number of nitrogens with zero attached hydrogens (tertiary/aromatic N) is 2. The third-order valence-corrected chi connectivity index (χ3v) is 1.33. The fraction of sp³-hybridized carbons (Fsp3) is 0.111. The maximum absolute atomic E-state index is 12.3. The summed E-state index contributed by atoms with van der Waals surface area (Å²) in [4.78, 5) is 3.17. The molecule has 0 atom stereocenters. The van der Waals surface area contributed by atoms with Crippen LogP contribution >= 0.6 is 0 Å². The molecule has 1 aromatic heterocycles. The molecule has 0 amide bonds. The molecule has 0 spiro atoms. The van der Waals surface area contributed by atoms with Gasteiger partial charge in [-0.3, -0.25) is 4.98 Å². The highest BCUT2D eigenvalue weighted by atomic mass is 19.4. The number of halogens is 3. The molecule has 0 aliphatic rings. The first-order valence-electron chi connectivity index (χ1n) is 3.48. The Balaban J connectivity index is 3.25. The van der Waals surface area contributed by atoms with Gasteiger partial charge in [0.15, 0.2) is 11.8 Å².